The Morgan fingerprint density at radius 1 is 0.786 bits per heavy atom. The van der Waals surface area contributed by atoms with Crippen molar-refractivity contribution in [2.45, 2.75) is 98.0 Å². The Kier molecular flexibility index (Phi) is 34.1. The molecule has 0 radical (unpaired) electrons. The lowest BCUT2D eigenvalue weighted by Crippen LogP contribution is -2.23. The molecule has 4 atom stereocenters. The van der Waals surface area contributed by atoms with Gasteiger partial charge in [0.1, 0.15) is 30.9 Å². The SMILES string of the molecule is CC(O)CO.CC(O)CO.CCCCn1cc[n+](C)c1.CCCCn1cc[n+](C)c1.COC(O)C(C)O.O=S(=O)([O-])[O-]. The highest BCUT2D eigenvalue weighted by molar-refractivity contribution is 7.79. The number of imidazole rings is 2. The molecule has 0 spiro atoms. The molecule has 0 saturated heterocycles. The van der Waals surface area contributed by atoms with Crippen LogP contribution in [-0.4, -0.2) is 102 Å². The summed E-state index contributed by atoms with van der Waals surface area (Å²) in [6.07, 6.45) is 14.7. The summed E-state index contributed by atoms with van der Waals surface area (Å²) < 4.78 is 47.0. The maximum Gasteiger partial charge on any atom is 0.243 e. The van der Waals surface area contributed by atoms with E-state index in [0.29, 0.717) is 0 Å². The van der Waals surface area contributed by atoms with Crippen molar-refractivity contribution in [3.8, 4) is 0 Å². The van der Waals surface area contributed by atoms with Gasteiger partial charge in [0.05, 0.1) is 52.6 Å². The Hall–Kier alpha value is -1.99. The molecule has 16 heteroatoms. The fourth-order valence-corrected chi connectivity index (χ4v) is 2.15. The molecule has 0 bridgehead atoms. The minimum absolute atomic E-state index is 0.139. The molecule has 0 aromatic carbocycles. The molecular weight excluding hydrogens is 576 g/mol. The summed E-state index contributed by atoms with van der Waals surface area (Å²) in [4.78, 5) is 0. The summed E-state index contributed by atoms with van der Waals surface area (Å²) in [5.74, 6) is 0. The lowest BCUT2D eigenvalue weighted by Gasteiger charge is -2.09. The van der Waals surface area contributed by atoms with Gasteiger partial charge in [0, 0.05) is 17.5 Å². The van der Waals surface area contributed by atoms with Gasteiger partial charge < -0.3 is 44.5 Å². The van der Waals surface area contributed by atoms with Crippen LogP contribution in [0.5, 0.6) is 0 Å². The first-order chi connectivity index (χ1) is 19.4. The van der Waals surface area contributed by atoms with E-state index in [2.05, 4.69) is 74.3 Å². The first-order valence-corrected chi connectivity index (χ1v) is 14.9. The molecule has 0 amide bonds. The highest BCUT2D eigenvalue weighted by atomic mass is 32.3. The Bertz CT molecular complexity index is 861. The van der Waals surface area contributed by atoms with E-state index in [1.807, 2.05) is 14.1 Å². The molecule has 0 aliphatic rings. The quantitative estimate of drug-likeness (QED) is 0.0800. The summed E-state index contributed by atoms with van der Waals surface area (Å²) in [5.41, 5.74) is 0. The zero-order chi connectivity index (χ0) is 33.7. The molecular formula is C26H56N4O11S. The second-order valence-electron chi connectivity index (χ2n) is 9.18. The van der Waals surface area contributed by atoms with Gasteiger partial charge in [0.15, 0.2) is 6.29 Å². The average Bonchev–Trinajstić information content (AvgIpc) is 3.53. The van der Waals surface area contributed by atoms with E-state index in [4.69, 9.17) is 48.2 Å². The number of hydrogen-bond acceptors (Lipinski definition) is 11. The minimum Gasteiger partial charge on any atom is -0.759 e. The third-order valence-electron chi connectivity index (χ3n) is 4.37. The fraction of sp³-hybridized carbons (Fsp3) is 0.769. The number of aryl methyl sites for hydroxylation is 4. The van der Waals surface area contributed by atoms with Gasteiger partial charge in [0.2, 0.25) is 12.7 Å². The van der Waals surface area contributed by atoms with E-state index in [9.17, 15) is 0 Å². The molecule has 15 nitrogen and oxygen atoms in total. The standard InChI is InChI=1S/2C8H15N2.C4H10O3.2C3H8O2.H2O4S/c2*1-3-4-5-10-7-6-9(2)8-10;1-3(5)4(6)7-2;2*1-3(5)2-4;1-5(2,3)4/h2*6-8H,3-5H2,1-2H3;3-6H,1-2H3;2*3-5H,2H2,1H3;(H2,1,2,3,4)/q2*+1;;;;/p-2. The van der Waals surface area contributed by atoms with Crippen LogP contribution in [0.3, 0.4) is 0 Å². The Balaban J connectivity index is -0.000000213. The lowest BCUT2D eigenvalue weighted by molar-refractivity contribution is -0.671. The predicted molar refractivity (Wildman–Crippen MR) is 154 cm³/mol. The Labute approximate surface area is 251 Å². The van der Waals surface area contributed by atoms with Crippen molar-refractivity contribution in [3.63, 3.8) is 0 Å². The average molecular weight is 633 g/mol. The third-order valence-corrected chi connectivity index (χ3v) is 4.37. The zero-order valence-corrected chi connectivity index (χ0v) is 27.2. The van der Waals surface area contributed by atoms with Gasteiger partial charge in [-0.3, -0.25) is 8.42 Å². The maximum atomic E-state index is 8.52. The second kappa shape index (κ2) is 30.5. The van der Waals surface area contributed by atoms with Crippen molar-refractivity contribution < 1.29 is 62.0 Å². The predicted octanol–water partition coefficient (Wildman–Crippen LogP) is -1.06. The van der Waals surface area contributed by atoms with E-state index >= 15 is 0 Å². The van der Waals surface area contributed by atoms with Crippen LogP contribution in [-0.2, 0) is 42.3 Å². The number of methoxy groups -OCH3 is 1. The highest BCUT2D eigenvalue weighted by Crippen LogP contribution is 1.92. The molecule has 0 fully saturated rings. The third kappa shape index (κ3) is 45.0. The lowest BCUT2D eigenvalue weighted by atomic mass is 10.3. The molecule has 0 aliphatic carbocycles. The molecule has 6 N–H and O–H groups in total. The molecule has 0 aliphatic heterocycles. The number of hydrogen-bond donors (Lipinski definition) is 6. The zero-order valence-electron chi connectivity index (χ0n) is 26.4. The normalized spacial score (nSPS) is 13.0. The van der Waals surface area contributed by atoms with E-state index < -0.39 is 35.0 Å². The topological polar surface area (TPSA) is 228 Å². The van der Waals surface area contributed by atoms with E-state index in [0.717, 1.165) is 13.1 Å². The monoisotopic (exact) mass is 632 g/mol. The van der Waals surface area contributed by atoms with Crippen LogP contribution in [0.1, 0.15) is 60.3 Å². The summed E-state index contributed by atoms with van der Waals surface area (Å²) in [5, 5.41) is 48.9. The van der Waals surface area contributed by atoms with Gasteiger partial charge in [-0.25, -0.2) is 18.3 Å². The number of nitrogens with zero attached hydrogens (tertiary/aromatic N) is 4. The molecule has 2 aromatic heterocycles. The summed E-state index contributed by atoms with van der Waals surface area (Å²) in [7, 11) is 0.252. The van der Waals surface area contributed by atoms with Gasteiger partial charge >= 0.3 is 0 Å². The molecule has 252 valence electrons. The summed E-state index contributed by atoms with van der Waals surface area (Å²) >= 11 is 0. The van der Waals surface area contributed by atoms with Crippen LogP contribution >= 0.6 is 0 Å². The molecule has 2 rings (SSSR count). The molecule has 4 unspecified atom stereocenters. The van der Waals surface area contributed by atoms with E-state index in [-0.39, 0.29) is 13.2 Å². The summed E-state index contributed by atoms with van der Waals surface area (Å²) in [6, 6.07) is 0. The van der Waals surface area contributed by atoms with Gasteiger partial charge in [-0.1, -0.05) is 26.7 Å². The van der Waals surface area contributed by atoms with Crippen molar-refractivity contribution in [2.24, 2.45) is 14.1 Å². The number of aromatic nitrogens is 4. The van der Waals surface area contributed by atoms with Crippen LogP contribution in [0.15, 0.2) is 37.4 Å². The largest absolute Gasteiger partial charge is 0.759 e. The van der Waals surface area contributed by atoms with Gasteiger partial charge in [-0.05, 0) is 33.6 Å². The van der Waals surface area contributed by atoms with Crippen molar-refractivity contribution in [2.75, 3.05) is 20.3 Å². The van der Waals surface area contributed by atoms with Crippen LogP contribution in [0.25, 0.3) is 0 Å². The number of unbranched alkanes of at least 4 members (excludes halogenated alkanes) is 2. The van der Waals surface area contributed by atoms with Crippen molar-refractivity contribution in [3.05, 3.63) is 37.4 Å². The highest BCUT2D eigenvalue weighted by Gasteiger charge is 2.06. The van der Waals surface area contributed by atoms with E-state index in [1.165, 1.54) is 53.6 Å². The van der Waals surface area contributed by atoms with Crippen LogP contribution in [0.2, 0.25) is 0 Å². The van der Waals surface area contributed by atoms with Gasteiger partial charge in [-0.15, -0.1) is 0 Å². The van der Waals surface area contributed by atoms with Gasteiger partial charge in [-0.2, -0.15) is 0 Å². The fourth-order valence-electron chi connectivity index (χ4n) is 2.15. The second-order valence-corrected chi connectivity index (χ2v) is 10.00. The molecule has 2 aromatic rings. The van der Waals surface area contributed by atoms with Crippen molar-refractivity contribution >= 4 is 10.4 Å². The number of aliphatic hydroxyl groups excluding tert-OH is 6. The van der Waals surface area contributed by atoms with Crippen LogP contribution < -0.4 is 9.13 Å². The van der Waals surface area contributed by atoms with Crippen LogP contribution in [0.4, 0.5) is 0 Å². The molecule has 2 heterocycles. The van der Waals surface area contributed by atoms with E-state index in [1.54, 1.807) is 0 Å². The molecule has 42 heavy (non-hydrogen) atoms. The Morgan fingerprint density at radius 3 is 1.19 bits per heavy atom. The maximum absolute atomic E-state index is 8.52. The van der Waals surface area contributed by atoms with Gasteiger partial charge in [0.25, 0.3) is 0 Å². The first kappa shape index (κ1) is 47.0. The summed E-state index contributed by atoms with van der Waals surface area (Å²) in [6.45, 7) is 11.0. The van der Waals surface area contributed by atoms with Crippen molar-refractivity contribution in [1.82, 2.24) is 9.13 Å². The first-order valence-electron chi connectivity index (χ1n) is 13.5. The smallest absolute Gasteiger partial charge is 0.243 e. The number of rotatable bonds is 10. The minimum atomic E-state index is -5.17. The number of ether oxygens (including phenoxy) is 1. The van der Waals surface area contributed by atoms with Crippen LogP contribution in [0, 0.1) is 0 Å². The van der Waals surface area contributed by atoms with Crippen molar-refractivity contribution in [1.29, 1.82) is 0 Å². The number of aliphatic hydroxyl groups is 6. The molecule has 0 saturated carbocycles. The Morgan fingerprint density at radius 2 is 1.07 bits per heavy atom.